The molecule has 1 aliphatic carbocycles. The molecule has 0 aromatic heterocycles. The average Bonchev–Trinajstić information content (AvgIpc) is 2.44. The molecule has 2 aliphatic rings. The van der Waals surface area contributed by atoms with Crippen molar-refractivity contribution in [3.63, 3.8) is 0 Å². The van der Waals surface area contributed by atoms with Crippen LogP contribution >= 0.6 is 0 Å². The van der Waals surface area contributed by atoms with Gasteiger partial charge in [0.2, 0.25) is 0 Å². The summed E-state index contributed by atoms with van der Waals surface area (Å²) in [5.41, 5.74) is 0. The van der Waals surface area contributed by atoms with Crippen molar-refractivity contribution < 1.29 is 13.9 Å². The standard InChI is InChI=1S/C16H22FNO2/c1-19-15-4-2-3-13(9-15)18-10-16(11-18)20-14-7-5-12(17)6-8-14/h5-8,13,15-16H,2-4,9-11H2,1H3. The third-order valence-corrected chi connectivity index (χ3v) is 4.44. The van der Waals surface area contributed by atoms with Gasteiger partial charge in [0.25, 0.3) is 0 Å². The Morgan fingerprint density at radius 1 is 1.10 bits per heavy atom. The molecule has 1 saturated heterocycles. The molecule has 0 spiro atoms. The zero-order valence-corrected chi connectivity index (χ0v) is 11.9. The Bertz CT molecular complexity index is 431. The topological polar surface area (TPSA) is 21.7 Å². The Labute approximate surface area is 119 Å². The Morgan fingerprint density at radius 2 is 1.85 bits per heavy atom. The van der Waals surface area contributed by atoms with Crippen LogP contribution in [0.2, 0.25) is 0 Å². The van der Waals surface area contributed by atoms with E-state index in [-0.39, 0.29) is 11.9 Å². The van der Waals surface area contributed by atoms with Crippen LogP contribution < -0.4 is 4.74 Å². The van der Waals surface area contributed by atoms with E-state index in [9.17, 15) is 4.39 Å². The highest BCUT2D eigenvalue weighted by Crippen LogP contribution is 2.29. The van der Waals surface area contributed by atoms with E-state index in [0.29, 0.717) is 12.1 Å². The number of benzene rings is 1. The van der Waals surface area contributed by atoms with Crippen molar-refractivity contribution in [3.05, 3.63) is 30.1 Å². The van der Waals surface area contributed by atoms with E-state index in [1.165, 1.54) is 31.4 Å². The lowest BCUT2D eigenvalue weighted by Crippen LogP contribution is -2.58. The van der Waals surface area contributed by atoms with Crippen LogP contribution in [0, 0.1) is 5.82 Å². The fourth-order valence-electron chi connectivity index (χ4n) is 3.21. The maximum absolute atomic E-state index is 12.8. The highest BCUT2D eigenvalue weighted by Gasteiger charge is 2.36. The zero-order chi connectivity index (χ0) is 13.9. The summed E-state index contributed by atoms with van der Waals surface area (Å²) in [5, 5.41) is 0. The van der Waals surface area contributed by atoms with E-state index in [0.717, 1.165) is 25.3 Å². The molecular formula is C16H22FNO2. The highest BCUT2D eigenvalue weighted by atomic mass is 19.1. The van der Waals surface area contributed by atoms with Crippen molar-refractivity contribution in [2.75, 3.05) is 20.2 Å². The summed E-state index contributed by atoms with van der Waals surface area (Å²) in [4.78, 5) is 2.49. The number of methoxy groups -OCH3 is 1. The summed E-state index contributed by atoms with van der Waals surface area (Å²) >= 11 is 0. The first kappa shape index (κ1) is 13.8. The van der Waals surface area contributed by atoms with E-state index in [1.807, 2.05) is 7.11 Å². The van der Waals surface area contributed by atoms with Gasteiger partial charge in [0.05, 0.1) is 6.10 Å². The first-order chi connectivity index (χ1) is 9.74. The average molecular weight is 279 g/mol. The summed E-state index contributed by atoms with van der Waals surface area (Å²) in [6.07, 6.45) is 5.51. The second-order valence-corrected chi connectivity index (χ2v) is 5.83. The van der Waals surface area contributed by atoms with Gasteiger partial charge < -0.3 is 9.47 Å². The molecule has 1 aliphatic heterocycles. The molecule has 0 N–H and O–H groups in total. The second kappa shape index (κ2) is 6.10. The molecule has 1 aromatic rings. The molecule has 110 valence electrons. The van der Waals surface area contributed by atoms with Gasteiger partial charge in [0, 0.05) is 26.2 Å². The molecule has 1 saturated carbocycles. The third kappa shape index (κ3) is 3.13. The first-order valence-corrected chi connectivity index (χ1v) is 7.43. The van der Waals surface area contributed by atoms with Crippen LogP contribution in [-0.2, 0) is 4.74 Å². The Morgan fingerprint density at radius 3 is 2.55 bits per heavy atom. The number of nitrogens with zero attached hydrogens (tertiary/aromatic N) is 1. The van der Waals surface area contributed by atoms with Crippen molar-refractivity contribution in [2.24, 2.45) is 0 Å². The zero-order valence-electron chi connectivity index (χ0n) is 11.9. The fraction of sp³-hybridized carbons (Fsp3) is 0.625. The van der Waals surface area contributed by atoms with Gasteiger partial charge in [-0.25, -0.2) is 4.39 Å². The van der Waals surface area contributed by atoms with Crippen molar-refractivity contribution in [1.29, 1.82) is 0 Å². The molecule has 0 radical (unpaired) electrons. The van der Waals surface area contributed by atoms with Crippen LogP contribution in [0.5, 0.6) is 5.75 Å². The van der Waals surface area contributed by atoms with Crippen LogP contribution in [0.4, 0.5) is 4.39 Å². The van der Waals surface area contributed by atoms with Gasteiger partial charge in [0.15, 0.2) is 0 Å². The van der Waals surface area contributed by atoms with E-state index in [1.54, 1.807) is 12.1 Å². The van der Waals surface area contributed by atoms with Gasteiger partial charge in [-0.2, -0.15) is 0 Å². The molecule has 4 heteroatoms. The molecular weight excluding hydrogens is 257 g/mol. The van der Waals surface area contributed by atoms with Crippen molar-refractivity contribution in [1.82, 2.24) is 4.90 Å². The fourth-order valence-corrected chi connectivity index (χ4v) is 3.21. The molecule has 1 aromatic carbocycles. The summed E-state index contributed by atoms with van der Waals surface area (Å²) in [5.74, 6) is 0.537. The number of halogens is 1. The normalized spacial score (nSPS) is 28.1. The lowest BCUT2D eigenvalue weighted by Gasteiger charge is -2.46. The van der Waals surface area contributed by atoms with Gasteiger partial charge in [-0.15, -0.1) is 0 Å². The molecule has 2 unspecified atom stereocenters. The molecule has 3 nitrogen and oxygen atoms in total. The Hall–Kier alpha value is -1.13. The predicted octanol–water partition coefficient (Wildman–Crippen LogP) is 2.85. The lowest BCUT2D eigenvalue weighted by atomic mass is 9.89. The van der Waals surface area contributed by atoms with Crippen molar-refractivity contribution >= 4 is 0 Å². The summed E-state index contributed by atoms with van der Waals surface area (Å²) in [7, 11) is 1.81. The molecule has 3 rings (SSSR count). The highest BCUT2D eigenvalue weighted by molar-refractivity contribution is 5.22. The maximum Gasteiger partial charge on any atom is 0.124 e. The molecule has 0 amide bonds. The van der Waals surface area contributed by atoms with Gasteiger partial charge in [0.1, 0.15) is 17.7 Å². The summed E-state index contributed by atoms with van der Waals surface area (Å²) in [6.45, 7) is 1.94. The van der Waals surface area contributed by atoms with Crippen molar-refractivity contribution in [3.8, 4) is 5.75 Å². The number of hydrogen-bond donors (Lipinski definition) is 0. The molecule has 1 heterocycles. The van der Waals surface area contributed by atoms with Gasteiger partial charge in [-0.3, -0.25) is 4.90 Å². The second-order valence-electron chi connectivity index (χ2n) is 5.83. The maximum atomic E-state index is 12.8. The Kier molecular flexibility index (Phi) is 4.22. The van der Waals surface area contributed by atoms with Crippen molar-refractivity contribution in [2.45, 2.75) is 43.9 Å². The largest absolute Gasteiger partial charge is 0.488 e. The number of hydrogen-bond acceptors (Lipinski definition) is 3. The van der Waals surface area contributed by atoms with Crippen LogP contribution in [0.15, 0.2) is 24.3 Å². The number of ether oxygens (including phenoxy) is 2. The summed E-state index contributed by atoms with van der Waals surface area (Å²) < 4.78 is 24.1. The quantitative estimate of drug-likeness (QED) is 0.846. The van der Waals surface area contributed by atoms with Crippen LogP contribution in [0.3, 0.4) is 0 Å². The smallest absolute Gasteiger partial charge is 0.124 e. The number of rotatable bonds is 4. The first-order valence-electron chi connectivity index (χ1n) is 7.43. The lowest BCUT2D eigenvalue weighted by molar-refractivity contribution is -0.0435. The van der Waals surface area contributed by atoms with Gasteiger partial charge >= 0.3 is 0 Å². The van der Waals surface area contributed by atoms with Crippen LogP contribution in [-0.4, -0.2) is 43.3 Å². The molecule has 20 heavy (non-hydrogen) atoms. The minimum atomic E-state index is -0.222. The van der Waals surface area contributed by atoms with Crippen LogP contribution in [0.1, 0.15) is 25.7 Å². The van der Waals surface area contributed by atoms with E-state index < -0.39 is 0 Å². The minimum Gasteiger partial charge on any atom is -0.488 e. The SMILES string of the molecule is COC1CCCC(N2CC(Oc3ccc(F)cc3)C2)C1. The van der Waals surface area contributed by atoms with Gasteiger partial charge in [-0.05, 0) is 49.9 Å². The monoisotopic (exact) mass is 279 g/mol. The number of likely N-dealkylation sites (tertiary alicyclic amines) is 1. The van der Waals surface area contributed by atoms with Crippen LogP contribution in [0.25, 0.3) is 0 Å². The third-order valence-electron chi connectivity index (χ3n) is 4.44. The molecule has 2 atom stereocenters. The summed E-state index contributed by atoms with van der Waals surface area (Å²) in [6, 6.07) is 6.91. The molecule has 2 fully saturated rings. The van der Waals surface area contributed by atoms with E-state index >= 15 is 0 Å². The predicted molar refractivity (Wildman–Crippen MR) is 75.4 cm³/mol. The minimum absolute atomic E-state index is 0.222. The molecule has 0 bridgehead atoms. The Balaban J connectivity index is 1.45. The van der Waals surface area contributed by atoms with E-state index in [2.05, 4.69) is 4.90 Å². The van der Waals surface area contributed by atoms with Gasteiger partial charge in [-0.1, -0.05) is 0 Å². The van der Waals surface area contributed by atoms with E-state index in [4.69, 9.17) is 9.47 Å².